The summed E-state index contributed by atoms with van der Waals surface area (Å²) in [4.78, 5) is 24.8. The quantitative estimate of drug-likeness (QED) is 0.725. The molecule has 1 saturated heterocycles. The first-order chi connectivity index (χ1) is 8.72. The zero-order chi connectivity index (χ0) is 13.2. The summed E-state index contributed by atoms with van der Waals surface area (Å²) in [5.41, 5.74) is 0. The number of rotatable bonds is 8. The van der Waals surface area contributed by atoms with E-state index in [0.717, 1.165) is 39.3 Å². The molecule has 6 heteroatoms. The molecule has 1 amide bonds. The average molecular weight is 293 g/mol. The van der Waals surface area contributed by atoms with Gasteiger partial charge in [-0.25, -0.2) is 0 Å². The molecule has 0 aromatic rings. The zero-order valence-electron chi connectivity index (χ0n) is 11.7. The molecule has 1 N–H and O–H groups in total. The molecule has 0 atom stereocenters. The second kappa shape index (κ2) is 11.2. The second-order valence-corrected chi connectivity index (χ2v) is 4.55. The van der Waals surface area contributed by atoms with E-state index in [4.69, 9.17) is 4.74 Å². The van der Waals surface area contributed by atoms with E-state index < -0.39 is 0 Å². The van der Waals surface area contributed by atoms with Gasteiger partial charge in [0.2, 0.25) is 5.91 Å². The van der Waals surface area contributed by atoms with E-state index in [0.29, 0.717) is 25.8 Å². The van der Waals surface area contributed by atoms with Crippen LogP contribution >= 0.6 is 12.4 Å². The summed E-state index contributed by atoms with van der Waals surface area (Å²) in [5, 5.41) is 2.78. The summed E-state index contributed by atoms with van der Waals surface area (Å²) in [5.74, 6) is 0.246. The Kier molecular flexibility index (Phi) is 10.8. The van der Waals surface area contributed by atoms with Gasteiger partial charge in [-0.1, -0.05) is 6.92 Å². The lowest BCUT2D eigenvalue weighted by Crippen LogP contribution is -2.37. The van der Waals surface area contributed by atoms with E-state index >= 15 is 0 Å². The fraction of sp³-hybridized carbons (Fsp3) is 0.846. The summed E-state index contributed by atoms with van der Waals surface area (Å²) in [6, 6.07) is 0. The second-order valence-electron chi connectivity index (χ2n) is 4.55. The number of Topliss-reactive ketones (excluding diaryl/α,β-unsaturated/α-hetero) is 1. The van der Waals surface area contributed by atoms with Crippen molar-refractivity contribution in [2.45, 2.75) is 32.6 Å². The van der Waals surface area contributed by atoms with Gasteiger partial charge in [-0.2, -0.15) is 0 Å². The molecule has 0 saturated carbocycles. The minimum atomic E-state index is 0. The van der Waals surface area contributed by atoms with Crippen LogP contribution in [0.5, 0.6) is 0 Å². The molecule has 112 valence electrons. The van der Waals surface area contributed by atoms with Crippen molar-refractivity contribution in [3.05, 3.63) is 0 Å². The highest BCUT2D eigenvalue weighted by Crippen LogP contribution is 2.00. The molecule has 0 aromatic carbocycles. The Morgan fingerprint density at radius 1 is 1.21 bits per heavy atom. The van der Waals surface area contributed by atoms with E-state index in [1.54, 1.807) is 0 Å². The summed E-state index contributed by atoms with van der Waals surface area (Å²) < 4.78 is 5.26. The molecule has 1 aliphatic heterocycles. The van der Waals surface area contributed by atoms with Gasteiger partial charge in [0.25, 0.3) is 0 Å². The average Bonchev–Trinajstić information content (AvgIpc) is 2.39. The van der Waals surface area contributed by atoms with Crippen molar-refractivity contribution < 1.29 is 14.3 Å². The molecule has 1 rings (SSSR count). The van der Waals surface area contributed by atoms with Crippen LogP contribution in [0, 0.1) is 0 Å². The number of hydrogen-bond acceptors (Lipinski definition) is 4. The lowest BCUT2D eigenvalue weighted by Gasteiger charge is -2.26. The Balaban J connectivity index is 0.00000324. The van der Waals surface area contributed by atoms with Gasteiger partial charge in [-0.3, -0.25) is 14.5 Å². The topological polar surface area (TPSA) is 58.6 Å². The number of carbonyl (C=O) groups is 2. The van der Waals surface area contributed by atoms with Crippen molar-refractivity contribution in [1.82, 2.24) is 10.2 Å². The van der Waals surface area contributed by atoms with Crippen LogP contribution in [0.3, 0.4) is 0 Å². The van der Waals surface area contributed by atoms with Crippen LogP contribution in [0.25, 0.3) is 0 Å². The van der Waals surface area contributed by atoms with Crippen LogP contribution in [-0.4, -0.2) is 56.0 Å². The highest BCUT2D eigenvalue weighted by Gasteiger charge is 2.10. The number of nitrogens with one attached hydrogen (secondary N) is 1. The first-order valence-corrected chi connectivity index (χ1v) is 6.81. The van der Waals surface area contributed by atoms with Crippen molar-refractivity contribution in [3.63, 3.8) is 0 Å². The Hall–Kier alpha value is -0.650. The Morgan fingerprint density at radius 3 is 2.53 bits per heavy atom. The van der Waals surface area contributed by atoms with Crippen LogP contribution in [-0.2, 0) is 14.3 Å². The van der Waals surface area contributed by atoms with Gasteiger partial charge < -0.3 is 10.1 Å². The van der Waals surface area contributed by atoms with Crippen molar-refractivity contribution in [3.8, 4) is 0 Å². The van der Waals surface area contributed by atoms with Crippen molar-refractivity contribution in [2.75, 3.05) is 39.4 Å². The molecule has 0 unspecified atom stereocenters. The van der Waals surface area contributed by atoms with Gasteiger partial charge in [-0.15, -0.1) is 12.4 Å². The standard InChI is InChI=1S/C13H24N2O3.ClH/c1-2-12(16)5-6-14-13(17)4-3-7-15-8-10-18-11-9-15;/h2-11H2,1H3,(H,14,17);1H. The summed E-state index contributed by atoms with van der Waals surface area (Å²) >= 11 is 0. The minimum absolute atomic E-state index is 0. The van der Waals surface area contributed by atoms with Crippen LogP contribution in [0.1, 0.15) is 32.6 Å². The van der Waals surface area contributed by atoms with E-state index in [1.165, 1.54) is 0 Å². The summed E-state index contributed by atoms with van der Waals surface area (Å²) in [7, 11) is 0. The number of nitrogens with zero attached hydrogens (tertiary/aromatic N) is 1. The van der Waals surface area contributed by atoms with Crippen LogP contribution in [0.15, 0.2) is 0 Å². The van der Waals surface area contributed by atoms with Crippen LogP contribution < -0.4 is 5.32 Å². The molecule has 5 nitrogen and oxygen atoms in total. The van der Waals surface area contributed by atoms with Crippen LogP contribution in [0.4, 0.5) is 0 Å². The van der Waals surface area contributed by atoms with Gasteiger partial charge in [0.1, 0.15) is 5.78 Å². The zero-order valence-corrected chi connectivity index (χ0v) is 12.5. The first kappa shape index (κ1) is 18.4. The number of ketones is 1. The molecule has 0 bridgehead atoms. The maximum Gasteiger partial charge on any atom is 0.220 e. The van der Waals surface area contributed by atoms with Crippen molar-refractivity contribution >= 4 is 24.1 Å². The highest BCUT2D eigenvalue weighted by molar-refractivity contribution is 5.85. The molecule has 1 fully saturated rings. The van der Waals surface area contributed by atoms with Crippen LogP contribution in [0.2, 0.25) is 0 Å². The molecule has 0 aliphatic carbocycles. The minimum Gasteiger partial charge on any atom is -0.379 e. The highest BCUT2D eigenvalue weighted by atomic mass is 35.5. The van der Waals surface area contributed by atoms with Gasteiger partial charge >= 0.3 is 0 Å². The summed E-state index contributed by atoms with van der Waals surface area (Å²) in [6.45, 7) is 6.79. The van der Waals surface area contributed by atoms with E-state index in [-0.39, 0.29) is 24.1 Å². The van der Waals surface area contributed by atoms with Crippen molar-refractivity contribution in [1.29, 1.82) is 0 Å². The lowest BCUT2D eigenvalue weighted by molar-refractivity contribution is -0.121. The molecule has 1 aliphatic rings. The normalized spacial score (nSPS) is 15.6. The number of ether oxygens (including phenoxy) is 1. The predicted molar refractivity (Wildman–Crippen MR) is 76.7 cm³/mol. The maximum atomic E-state index is 11.5. The van der Waals surface area contributed by atoms with E-state index in [2.05, 4.69) is 10.2 Å². The fourth-order valence-corrected chi connectivity index (χ4v) is 1.89. The molecule has 19 heavy (non-hydrogen) atoms. The van der Waals surface area contributed by atoms with Gasteiger partial charge in [0.05, 0.1) is 13.2 Å². The Labute approximate surface area is 121 Å². The first-order valence-electron chi connectivity index (χ1n) is 6.81. The van der Waals surface area contributed by atoms with Gasteiger partial charge in [-0.05, 0) is 13.0 Å². The largest absolute Gasteiger partial charge is 0.379 e. The number of carbonyl (C=O) groups excluding carboxylic acids is 2. The molecule has 0 radical (unpaired) electrons. The molecule has 0 spiro atoms. The third-order valence-corrected chi connectivity index (χ3v) is 3.10. The van der Waals surface area contributed by atoms with E-state index in [1.807, 2.05) is 6.92 Å². The Bertz CT molecular complexity index is 269. The molecule has 1 heterocycles. The Morgan fingerprint density at radius 2 is 1.89 bits per heavy atom. The molecular formula is C13H25ClN2O3. The molecular weight excluding hydrogens is 268 g/mol. The monoisotopic (exact) mass is 292 g/mol. The number of halogens is 1. The number of morpholine rings is 1. The summed E-state index contributed by atoms with van der Waals surface area (Å²) in [6.07, 6.45) is 2.41. The SMILES string of the molecule is CCC(=O)CCNC(=O)CCCN1CCOCC1.Cl. The lowest BCUT2D eigenvalue weighted by atomic mass is 10.2. The van der Waals surface area contributed by atoms with Crippen molar-refractivity contribution in [2.24, 2.45) is 0 Å². The van der Waals surface area contributed by atoms with Gasteiger partial charge in [0, 0.05) is 38.9 Å². The fourth-order valence-electron chi connectivity index (χ4n) is 1.89. The number of amides is 1. The maximum absolute atomic E-state index is 11.5. The van der Waals surface area contributed by atoms with Gasteiger partial charge in [0.15, 0.2) is 0 Å². The predicted octanol–water partition coefficient (Wildman–Crippen LogP) is 1.01. The third-order valence-electron chi connectivity index (χ3n) is 3.10. The third kappa shape index (κ3) is 8.97. The molecule has 0 aromatic heterocycles. The number of hydrogen-bond donors (Lipinski definition) is 1. The smallest absolute Gasteiger partial charge is 0.220 e. The van der Waals surface area contributed by atoms with E-state index in [9.17, 15) is 9.59 Å².